The SMILES string of the molecule is CC(C)NC(=O)C(c1ccccc1)N(CC#N)C(=O)C(CCC(N)=O)NC(=O)OC(C)(C)C. The average molecular weight is 460 g/mol. The fourth-order valence-electron chi connectivity index (χ4n) is 3.04. The lowest BCUT2D eigenvalue weighted by atomic mass is 10.0. The molecule has 10 heteroatoms. The zero-order valence-electron chi connectivity index (χ0n) is 19.8. The molecule has 4 amide bonds. The van der Waals surface area contributed by atoms with Gasteiger partial charge in [0.15, 0.2) is 0 Å². The van der Waals surface area contributed by atoms with Gasteiger partial charge in [-0.1, -0.05) is 30.3 Å². The fraction of sp³-hybridized carbons (Fsp3) is 0.522. The lowest BCUT2D eigenvalue weighted by Crippen LogP contribution is -2.53. The van der Waals surface area contributed by atoms with Crippen LogP contribution in [0.15, 0.2) is 30.3 Å². The summed E-state index contributed by atoms with van der Waals surface area (Å²) in [5.41, 5.74) is 4.91. The zero-order chi connectivity index (χ0) is 25.2. The second-order valence-electron chi connectivity index (χ2n) is 8.80. The first kappa shape index (κ1) is 27.4. The fourth-order valence-corrected chi connectivity index (χ4v) is 3.04. The molecule has 10 nitrogen and oxygen atoms in total. The third kappa shape index (κ3) is 9.60. The van der Waals surface area contributed by atoms with Crippen molar-refractivity contribution in [3.63, 3.8) is 0 Å². The van der Waals surface area contributed by atoms with Gasteiger partial charge < -0.3 is 26.0 Å². The third-order valence-corrected chi connectivity index (χ3v) is 4.30. The third-order valence-electron chi connectivity index (χ3n) is 4.30. The topological polar surface area (TPSA) is 155 Å². The maximum atomic E-state index is 13.5. The Bertz CT molecular complexity index is 873. The largest absolute Gasteiger partial charge is 0.444 e. The van der Waals surface area contributed by atoms with Crippen LogP contribution in [0.1, 0.15) is 59.1 Å². The van der Waals surface area contributed by atoms with Crippen molar-refractivity contribution in [2.75, 3.05) is 6.54 Å². The van der Waals surface area contributed by atoms with Crippen LogP contribution in [-0.4, -0.2) is 52.9 Å². The summed E-state index contributed by atoms with van der Waals surface area (Å²) >= 11 is 0. The van der Waals surface area contributed by atoms with Crippen LogP contribution in [0.25, 0.3) is 0 Å². The number of benzene rings is 1. The summed E-state index contributed by atoms with van der Waals surface area (Å²) in [5.74, 6) is -1.86. The van der Waals surface area contributed by atoms with Gasteiger partial charge in [0.25, 0.3) is 0 Å². The molecule has 2 atom stereocenters. The molecule has 33 heavy (non-hydrogen) atoms. The van der Waals surface area contributed by atoms with Gasteiger partial charge in [-0.25, -0.2) is 4.79 Å². The van der Waals surface area contributed by atoms with E-state index in [2.05, 4.69) is 10.6 Å². The number of nitriles is 1. The summed E-state index contributed by atoms with van der Waals surface area (Å²) in [7, 11) is 0. The number of nitrogens with zero attached hydrogens (tertiary/aromatic N) is 2. The Morgan fingerprint density at radius 1 is 1.12 bits per heavy atom. The molecule has 2 unspecified atom stereocenters. The van der Waals surface area contributed by atoms with Crippen molar-refractivity contribution in [3.05, 3.63) is 35.9 Å². The van der Waals surface area contributed by atoms with E-state index in [-0.39, 0.29) is 18.9 Å². The van der Waals surface area contributed by atoms with E-state index >= 15 is 0 Å². The predicted octanol–water partition coefficient (Wildman–Crippen LogP) is 1.76. The quantitative estimate of drug-likeness (QED) is 0.453. The number of primary amides is 1. The van der Waals surface area contributed by atoms with Crippen LogP contribution >= 0.6 is 0 Å². The van der Waals surface area contributed by atoms with Crippen molar-refractivity contribution in [1.82, 2.24) is 15.5 Å². The molecule has 0 aliphatic heterocycles. The van der Waals surface area contributed by atoms with Crippen molar-refractivity contribution in [2.24, 2.45) is 5.73 Å². The monoisotopic (exact) mass is 459 g/mol. The first-order chi connectivity index (χ1) is 15.4. The van der Waals surface area contributed by atoms with E-state index in [0.717, 1.165) is 4.90 Å². The summed E-state index contributed by atoms with van der Waals surface area (Å²) in [6.45, 7) is 8.11. The highest BCUT2D eigenvalue weighted by Crippen LogP contribution is 2.23. The minimum atomic E-state index is -1.24. The Morgan fingerprint density at radius 3 is 2.21 bits per heavy atom. The molecule has 0 heterocycles. The number of hydrogen-bond acceptors (Lipinski definition) is 6. The summed E-state index contributed by atoms with van der Waals surface area (Å²) in [6.07, 6.45) is -1.19. The number of carbonyl (C=O) groups is 4. The molecule has 0 bridgehead atoms. The van der Waals surface area contributed by atoms with Gasteiger partial charge in [-0.15, -0.1) is 0 Å². The van der Waals surface area contributed by atoms with E-state index in [1.807, 2.05) is 6.07 Å². The van der Waals surface area contributed by atoms with E-state index in [9.17, 15) is 24.4 Å². The van der Waals surface area contributed by atoms with Gasteiger partial charge in [0.05, 0.1) is 6.07 Å². The van der Waals surface area contributed by atoms with Gasteiger partial charge in [0.2, 0.25) is 17.7 Å². The lowest BCUT2D eigenvalue weighted by Gasteiger charge is -2.33. The Morgan fingerprint density at radius 2 is 1.73 bits per heavy atom. The van der Waals surface area contributed by atoms with Crippen LogP contribution in [0.5, 0.6) is 0 Å². The number of alkyl carbamates (subject to hydrolysis) is 1. The highest BCUT2D eigenvalue weighted by Gasteiger charge is 2.36. The Kier molecular flexibility index (Phi) is 10.3. The van der Waals surface area contributed by atoms with Crippen molar-refractivity contribution in [2.45, 2.75) is 71.2 Å². The first-order valence-corrected chi connectivity index (χ1v) is 10.7. The maximum absolute atomic E-state index is 13.5. The van der Waals surface area contributed by atoms with E-state index in [4.69, 9.17) is 10.5 Å². The number of hydrogen-bond donors (Lipinski definition) is 3. The molecule has 0 aliphatic rings. The van der Waals surface area contributed by atoms with Crippen molar-refractivity contribution < 1.29 is 23.9 Å². The molecule has 1 aromatic carbocycles. The number of nitrogens with one attached hydrogen (secondary N) is 2. The molecule has 180 valence electrons. The molecular weight excluding hydrogens is 426 g/mol. The summed E-state index contributed by atoms with van der Waals surface area (Å²) in [4.78, 5) is 51.4. The second-order valence-corrected chi connectivity index (χ2v) is 8.80. The van der Waals surface area contributed by atoms with Gasteiger partial charge >= 0.3 is 6.09 Å². The highest BCUT2D eigenvalue weighted by molar-refractivity contribution is 5.92. The highest BCUT2D eigenvalue weighted by atomic mass is 16.6. The van der Waals surface area contributed by atoms with Crippen molar-refractivity contribution in [3.8, 4) is 6.07 Å². The minimum absolute atomic E-state index is 0.122. The van der Waals surface area contributed by atoms with E-state index in [1.165, 1.54) is 0 Å². The summed E-state index contributed by atoms with van der Waals surface area (Å²) < 4.78 is 5.23. The summed E-state index contributed by atoms with van der Waals surface area (Å²) in [6, 6.07) is 7.85. The van der Waals surface area contributed by atoms with Crippen molar-refractivity contribution >= 4 is 23.8 Å². The van der Waals surface area contributed by atoms with Crippen LogP contribution in [0.2, 0.25) is 0 Å². The lowest BCUT2D eigenvalue weighted by molar-refractivity contribution is -0.142. The number of carbonyl (C=O) groups excluding carboxylic acids is 4. The van der Waals surface area contributed by atoms with Crippen LogP contribution in [-0.2, 0) is 19.1 Å². The first-order valence-electron chi connectivity index (χ1n) is 10.7. The minimum Gasteiger partial charge on any atom is -0.444 e. The number of nitrogens with two attached hydrogens (primary N) is 1. The van der Waals surface area contributed by atoms with Gasteiger partial charge in [-0.2, -0.15) is 5.26 Å². The normalized spacial score (nSPS) is 12.8. The molecule has 0 aromatic heterocycles. The van der Waals surface area contributed by atoms with Crippen LogP contribution in [0, 0.1) is 11.3 Å². The number of rotatable bonds is 10. The van der Waals surface area contributed by atoms with Gasteiger partial charge in [0, 0.05) is 12.5 Å². The Balaban J connectivity index is 3.36. The van der Waals surface area contributed by atoms with Crippen LogP contribution in [0.3, 0.4) is 0 Å². The molecule has 0 saturated heterocycles. The van der Waals surface area contributed by atoms with Gasteiger partial charge in [-0.05, 0) is 46.6 Å². The Hall–Kier alpha value is -3.61. The van der Waals surface area contributed by atoms with E-state index in [1.54, 1.807) is 65.0 Å². The van der Waals surface area contributed by atoms with Gasteiger partial charge in [-0.3, -0.25) is 14.4 Å². The average Bonchev–Trinajstić information content (AvgIpc) is 2.69. The van der Waals surface area contributed by atoms with Gasteiger partial charge in [0.1, 0.15) is 24.2 Å². The maximum Gasteiger partial charge on any atom is 0.408 e. The molecule has 1 rings (SSSR count). The molecule has 0 radical (unpaired) electrons. The van der Waals surface area contributed by atoms with E-state index < -0.39 is 48.0 Å². The predicted molar refractivity (Wildman–Crippen MR) is 121 cm³/mol. The molecule has 0 aliphatic carbocycles. The van der Waals surface area contributed by atoms with Crippen molar-refractivity contribution in [1.29, 1.82) is 5.26 Å². The van der Waals surface area contributed by atoms with Crippen LogP contribution < -0.4 is 16.4 Å². The number of ether oxygens (including phenoxy) is 1. The second kappa shape index (κ2) is 12.4. The number of amides is 4. The molecule has 1 aromatic rings. The molecular formula is C23H33N5O5. The molecule has 0 spiro atoms. The smallest absolute Gasteiger partial charge is 0.408 e. The molecule has 0 fully saturated rings. The molecule has 4 N–H and O–H groups in total. The van der Waals surface area contributed by atoms with Crippen LogP contribution in [0.4, 0.5) is 4.79 Å². The Labute approximate surface area is 194 Å². The standard InChI is InChI=1S/C23H33N5O5/c1-15(2)26-20(30)19(16-9-7-6-8-10-16)28(14-13-24)21(31)17(11-12-18(25)29)27-22(32)33-23(3,4)5/h6-10,15,17,19H,11-12,14H2,1-5H3,(H2,25,29)(H,26,30)(H,27,32). The summed E-state index contributed by atoms with van der Waals surface area (Å²) in [5, 5.41) is 14.6. The zero-order valence-corrected chi connectivity index (χ0v) is 19.8. The molecule has 0 saturated carbocycles. The van der Waals surface area contributed by atoms with E-state index in [0.29, 0.717) is 5.56 Å².